The smallest absolute Gasteiger partial charge is 0.153 e. The van der Waals surface area contributed by atoms with Crippen LogP contribution in [0.5, 0.6) is 0 Å². The maximum Gasteiger partial charge on any atom is 0.153 e. The number of Topliss-reactive ketones (excluding diaryl/α,β-unsaturated/α-hetero) is 1. The van der Waals surface area contributed by atoms with Crippen molar-refractivity contribution in [3.63, 3.8) is 0 Å². The Bertz CT molecular complexity index is 214. The molecule has 13 heavy (non-hydrogen) atoms. The summed E-state index contributed by atoms with van der Waals surface area (Å²) in [5.41, 5.74) is 0. The number of rotatable bonds is 1. The van der Waals surface area contributed by atoms with Crippen molar-refractivity contribution in [1.29, 1.82) is 0 Å². The first kappa shape index (κ1) is 9.20. The molecule has 2 rings (SSSR count). The number of likely N-dealkylation sites (N-methyl/N-ethyl adjacent to an activating group) is 1. The zero-order valence-electron chi connectivity index (χ0n) is 8.62. The molecule has 0 unspecified atom stereocenters. The molecule has 0 spiro atoms. The highest BCUT2D eigenvalue weighted by Gasteiger charge is 2.41. The molecule has 0 N–H and O–H groups in total. The van der Waals surface area contributed by atoms with Crippen LogP contribution in [0.1, 0.15) is 39.0 Å². The van der Waals surface area contributed by atoms with E-state index in [2.05, 4.69) is 18.9 Å². The van der Waals surface area contributed by atoms with Crippen LogP contribution in [0.25, 0.3) is 0 Å². The third-order valence-electron chi connectivity index (χ3n) is 3.86. The van der Waals surface area contributed by atoms with Gasteiger partial charge in [-0.25, -0.2) is 0 Å². The molecule has 2 heterocycles. The Balaban J connectivity index is 2.16. The molecule has 0 aromatic carbocycles. The molecule has 3 atom stereocenters. The van der Waals surface area contributed by atoms with Crippen molar-refractivity contribution in [3.05, 3.63) is 0 Å². The van der Waals surface area contributed by atoms with E-state index in [4.69, 9.17) is 0 Å². The van der Waals surface area contributed by atoms with Gasteiger partial charge in [0.15, 0.2) is 5.78 Å². The number of carbonyl (C=O) groups excluding carboxylic acids is 1. The lowest BCUT2D eigenvalue weighted by molar-refractivity contribution is -0.136. The van der Waals surface area contributed by atoms with Gasteiger partial charge in [-0.15, -0.1) is 0 Å². The van der Waals surface area contributed by atoms with E-state index in [1.807, 2.05) is 0 Å². The normalized spacial score (nSPS) is 40.8. The highest BCUT2D eigenvalue weighted by Crippen LogP contribution is 2.34. The van der Waals surface area contributed by atoms with Crippen LogP contribution in [0.15, 0.2) is 0 Å². The number of carbonyl (C=O) groups is 1. The Hall–Kier alpha value is -0.370. The lowest BCUT2D eigenvalue weighted by atomic mass is 9.77. The van der Waals surface area contributed by atoms with E-state index < -0.39 is 0 Å². The van der Waals surface area contributed by atoms with Crippen molar-refractivity contribution < 1.29 is 4.79 Å². The van der Waals surface area contributed by atoms with E-state index in [1.54, 1.807) is 0 Å². The van der Waals surface area contributed by atoms with Crippen LogP contribution < -0.4 is 0 Å². The Kier molecular flexibility index (Phi) is 2.41. The first-order chi connectivity index (χ1) is 6.24. The highest BCUT2D eigenvalue weighted by molar-refractivity contribution is 5.87. The fraction of sp³-hybridized carbons (Fsp3) is 0.909. The molecule has 0 saturated carbocycles. The molecule has 2 aliphatic rings. The molecule has 2 bridgehead atoms. The highest BCUT2D eigenvalue weighted by atomic mass is 16.1. The lowest BCUT2D eigenvalue weighted by Crippen LogP contribution is -2.55. The maximum atomic E-state index is 11.9. The van der Waals surface area contributed by atoms with Crippen molar-refractivity contribution in [2.45, 2.75) is 51.1 Å². The van der Waals surface area contributed by atoms with Crippen molar-refractivity contribution in [1.82, 2.24) is 4.90 Å². The molecule has 2 fully saturated rings. The lowest BCUT2D eigenvalue weighted by Gasteiger charge is -2.45. The van der Waals surface area contributed by atoms with E-state index in [9.17, 15) is 4.79 Å². The third kappa shape index (κ3) is 1.41. The Morgan fingerprint density at radius 2 is 2.23 bits per heavy atom. The minimum Gasteiger partial charge on any atom is -0.298 e. The van der Waals surface area contributed by atoms with E-state index in [0.29, 0.717) is 17.7 Å². The van der Waals surface area contributed by atoms with Gasteiger partial charge in [-0.05, 0) is 39.2 Å². The number of fused-ring (bicyclic) bond motifs is 2. The predicted molar refractivity (Wildman–Crippen MR) is 52.6 cm³/mol. The Morgan fingerprint density at radius 1 is 1.46 bits per heavy atom. The van der Waals surface area contributed by atoms with Crippen LogP contribution in [-0.4, -0.2) is 29.8 Å². The fourth-order valence-electron chi connectivity index (χ4n) is 2.92. The quantitative estimate of drug-likeness (QED) is 0.615. The minimum atomic E-state index is 0.262. The summed E-state index contributed by atoms with van der Waals surface area (Å²) in [7, 11) is 2.12. The van der Waals surface area contributed by atoms with Gasteiger partial charge in [-0.3, -0.25) is 9.69 Å². The molecular weight excluding hydrogens is 162 g/mol. The van der Waals surface area contributed by atoms with Crippen LogP contribution >= 0.6 is 0 Å². The summed E-state index contributed by atoms with van der Waals surface area (Å²) in [6, 6.07) is 0.957. The number of nitrogens with zero attached hydrogens (tertiary/aromatic N) is 1. The fourth-order valence-corrected chi connectivity index (χ4v) is 2.92. The molecule has 2 saturated heterocycles. The van der Waals surface area contributed by atoms with Gasteiger partial charge in [0, 0.05) is 12.0 Å². The molecule has 2 aliphatic heterocycles. The van der Waals surface area contributed by atoms with Gasteiger partial charge in [0.2, 0.25) is 0 Å². The van der Waals surface area contributed by atoms with E-state index in [-0.39, 0.29) is 6.04 Å². The van der Waals surface area contributed by atoms with Crippen molar-refractivity contribution in [3.8, 4) is 0 Å². The van der Waals surface area contributed by atoms with Crippen LogP contribution in [0.3, 0.4) is 0 Å². The molecule has 74 valence electrons. The average molecular weight is 181 g/mol. The second kappa shape index (κ2) is 3.41. The molecule has 0 aromatic heterocycles. The summed E-state index contributed by atoms with van der Waals surface area (Å²) in [6.45, 7) is 2.14. The third-order valence-corrected chi connectivity index (χ3v) is 3.86. The SMILES string of the molecule is CC[C@@H]1C[C@H]2CCC[C@@H](C1=O)N2C. The number of ketones is 1. The summed E-state index contributed by atoms with van der Waals surface area (Å²) < 4.78 is 0. The van der Waals surface area contributed by atoms with Crippen LogP contribution in [0.2, 0.25) is 0 Å². The van der Waals surface area contributed by atoms with Crippen LogP contribution in [0.4, 0.5) is 0 Å². The first-order valence-electron chi connectivity index (χ1n) is 5.49. The summed E-state index contributed by atoms with van der Waals surface area (Å²) >= 11 is 0. The molecule has 2 heteroatoms. The van der Waals surface area contributed by atoms with E-state index >= 15 is 0 Å². The summed E-state index contributed by atoms with van der Waals surface area (Å²) in [4.78, 5) is 14.3. The topological polar surface area (TPSA) is 20.3 Å². The summed E-state index contributed by atoms with van der Waals surface area (Å²) in [5.74, 6) is 0.882. The zero-order valence-corrected chi connectivity index (χ0v) is 8.62. The Labute approximate surface area is 80.3 Å². The van der Waals surface area contributed by atoms with Gasteiger partial charge >= 0.3 is 0 Å². The number of hydrogen-bond donors (Lipinski definition) is 0. The van der Waals surface area contributed by atoms with Crippen LogP contribution in [0, 0.1) is 5.92 Å². The van der Waals surface area contributed by atoms with Crippen molar-refractivity contribution in [2.75, 3.05) is 7.05 Å². The van der Waals surface area contributed by atoms with Crippen molar-refractivity contribution >= 4 is 5.78 Å². The largest absolute Gasteiger partial charge is 0.298 e. The van der Waals surface area contributed by atoms with Gasteiger partial charge in [-0.1, -0.05) is 6.92 Å². The number of piperidine rings is 2. The monoisotopic (exact) mass is 181 g/mol. The predicted octanol–water partition coefficient (Wildman–Crippen LogP) is 1.84. The van der Waals surface area contributed by atoms with Crippen molar-refractivity contribution in [2.24, 2.45) is 5.92 Å². The van der Waals surface area contributed by atoms with E-state index in [0.717, 1.165) is 19.3 Å². The molecule has 2 nitrogen and oxygen atoms in total. The molecule has 0 aromatic rings. The first-order valence-corrected chi connectivity index (χ1v) is 5.49. The standard InChI is InChI=1S/C11H19NO/c1-3-8-7-9-5-4-6-10(11(8)13)12(9)2/h8-10H,3-7H2,1-2H3/t8-,9-,10+/m1/s1. The minimum absolute atomic E-state index is 0.262. The van der Waals surface area contributed by atoms with Gasteiger partial charge in [0.1, 0.15) is 0 Å². The molecular formula is C11H19NO. The molecule has 0 radical (unpaired) electrons. The van der Waals surface area contributed by atoms with Gasteiger partial charge < -0.3 is 0 Å². The summed E-state index contributed by atoms with van der Waals surface area (Å²) in [6.07, 6.45) is 5.81. The molecule has 0 aliphatic carbocycles. The second-order valence-electron chi connectivity index (χ2n) is 4.51. The average Bonchev–Trinajstić information content (AvgIpc) is 2.12. The van der Waals surface area contributed by atoms with Gasteiger partial charge in [0.25, 0.3) is 0 Å². The Morgan fingerprint density at radius 3 is 2.92 bits per heavy atom. The zero-order chi connectivity index (χ0) is 9.42. The van der Waals surface area contributed by atoms with Crippen LogP contribution in [-0.2, 0) is 4.79 Å². The number of hydrogen-bond acceptors (Lipinski definition) is 2. The van der Waals surface area contributed by atoms with E-state index in [1.165, 1.54) is 12.8 Å². The van der Waals surface area contributed by atoms with Gasteiger partial charge in [-0.2, -0.15) is 0 Å². The summed E-state index contributed by atoms with van der Waals surface area (Å²) in [5, 5.41) is 0. The van der Waals surface area contributed by atoms with Gasteiger partial charge in [0.05, 0.1) is 6.04 Å². The second-order valence-corrected chi connectivity index (χ2v) is 4.51. The molecule has 0 amide bonds. The maximum absolute atomic E-state index is 11.9.